The predicted molar refractivity (Wildman–Crippen MR) is 63.5 cm³/mol. The zero-order valence-corrected chi connectivity index (χ0v) is 11.0. The van der Waals surface area contributed by atoms with E-state index in [-0.39, 0.29) is 29.2 Å². The molecule has 2 fully saturated rings. The van der Waals surface area contributed by atoms with Gasteiger partial charge in [0.05, 0.1) is 19.1 Å². The standard InChI is InChI=1S/C14H18O4/c1-13(2)5-8-4-9(11(15)17-3)10-6-18-12(16)14(8,10)7-13/h4,8,10H,5-7H2,1-3H3/t8-,10+,14-/m1/s1. The van der Waals surface area contributed by atoms with Crippen LogP contribution in [0.15, 0.2) is 11.6 Å². The average molecular weight is 250 g/mol. The maximum absolute atomic E-state index is 12.2. The van der Waals surface area contributed by atoms with Gasteiger partial charge in [0.2, 0.25) is 0 Å². The Morgan fingerprint density at radius 3 is 2.89 bits per heavy atom. The number of carbonyl (C=O) groups is 2. The molecule has 1 saturated heterocycles. The molecule has 0 radical (unpaired) electrons. The Bertz CT molecular complexity index is 462. The van der Waals surface area contributed by atoms with Crippen LogP contribution in [0.3, 0.4) is 0 Å². The second kappa shape index (κ2) is 3.37. The highest BCUT2D eigenvalue weighted by atomic mass is 16.5. The zero-order chi connectivity index (χ0) is 13.1. The largest absolute Gasteiger partial charge is 0.466 e. The molecular weight excluding hydrogens is 232 g/mol. The summed E-state index contributed by atoms with van der Waals surface area (Å²) < 4.78 is 10.1. The Morgan fingerprint density at radius 2 is 2.22 bits per heavy atom. The van der Waals surface area contributed by atoms with Crippen LogP contribution in [0.25, 0.3) is 0 Å². The van der Waals surface area contributed by atoms with Crippen molar-refractivity contribution in [3.8, 4) is 0 Å². The summed E-state index contributed by atoms with van der Waals surface area (Å²) in [6, 6.07) is 0. The van der Waals surface area contributed by atoms with Gasteiger partial charge in [0.15, 0.2) is 0 Å². The van der Waals surface area contributed by atoms with Crippen LogP contribution in [0.4, 0.5) is 0 Å². The number of hydrogen-bond acceptors (Lipinski definition) is 4. The maximum atomic E-state index is 12.2. The number of allylic oxidation sites excluding steroid dienone is 1. The van der Waals surface area contributed by atoms with Crippen LogP contribution in [0.5, 0.6) is 0 Å². The summed E-state index contributed by atoms with van der Waals surface area (Å²) in [6.45, 7) is 4.68. The molecule has 0 N–H and O–H groups in total. The Labute approximate surface area is 106 Å². The van der Waals surface area contributed by atoms with Crippen molar-refractivity contribution in [2.45, 2.75) is 26.7 Å². The fourth-order valence-electron chi connectivity index (χ4n) is 4.20. The molecule has 18 heavy (non-hydrogen) atoms. The van der Waals surface area contributed by atoms with E-state index in [4.69, 9.17) is 9.47 Å². The summed E-state index contributed by atoms with van der Waals surface area (Å²) in [7, 11) is 1.38. The van der Waals surface area contributed by atoms with Crippen molar-refractivity contribution in [3.05, 3.63) is 11.6 Å². The number of carbonyl (C=O) groups excluding carboxylic acids is 2. The van der Waals surface area contributed by atoms with E-state index in [1.807, 2.05) is 6.08 Å². The summed E-state index contributed by atoms with van der Waals surface area (Å²) in [6.07, 6.45) is 3.69. The second-order valence-electron chi connectivity index (χ2n) is 6.46. The van der Waals surface area contributed by atoms with Gasteiger partial charge in [-0.3, -0.25) is 4.79 Å². The molecule has 3 aliphatic rings. The van der Waals surface area contributed by atoms with E-state index in [9.17, 15) is 9.59 Å². The molecule has 4 heteroatoms. The Balaban J connectivity index is 2.05. The SMILES string of the molecule is COC(=O)C1=C[C@@H]2CC(C)(C)C[C@@]23C(=O)OC[C@@H]13. The summed E-state index contributed by atoms with van der Waals surface area (Å²) >= 11 is 0. The van der Waals surface area contributed by atoms with Gasteiger partial charge < -0.3 is 9.47 Å². The third-order valence-corrected chi connectivity index (χ3v) is 4.77. The van der Waals surface area contributed by atoms with E-state index >= 15 is 0 Å². The quantitative estimate of drug-likeness (QED) is 0.665. The zero-order valence-electron chi connectivity index (χ0n) is 11.0. The first kappa shape index (κ1) is 11.8. The molecular formula is C14H18O4. The molecule has 3 atom stereocenters. The summed E-state index contributed by atoms with van der Waals surface area (Å²) in [4.78, 5) is 24.0. The molecule has 0 unspecified atom stereocenters. The number of ether oxygens (including phenoxy) is 2. The highest BCUT2D eigenvalue weighted by molar-refractivity contribution is 5.94. The third-order valence-electron chi connectivity index (χ3n) is 4.77. The third kappa shape index (κ3) is 1.26. The number of rotatable bonds is 1. The summed E-state index contributed by atoms with van der Waals surface area (Å²) in [5, 5.41) is 0. The molecule has 1 saturated carbocycles. The van der Waals surface area contributed by atoms with Crippen LogP contribution in [0.1, 0.15) is 26.7 Å². The van der Waals surface area contributed by atoms with Gasteiger partial charge in [-0.1, -0.05) is 19.9 Å². The van der Waals surface area contributed by atoms with Crippen LogP contribution < -0.4 is 0 Å². The molecule has 2 aliphatic carbocycles. The van der Waals surface area contributed by atoms with Crippen LogP contribution in [-0.2, 0) is 19.1 Å². The number of hydrogen-bond donors (Lipinski definition) is 0. The molecule has 98 valence electrons. The minimum atomic E-state index is -0.493. The molecule has 0 amide bonds. The normalized spacial score (nSPS) is 39.9. The molecule has 1 spiro atoms. The smallest absolute Gasteiger partial charge is 0.333 e. The minimum Gasteiger partial charge on any atom is -0.466 e. The number of cyclic esters (lactones) is 1. The Morgan fingerprint density at radius 1 is 1.50 bits per heavy atom. The molecule has 0 aromatic heterocycles. The lowest BCUT2D eigenvalue weighted by atomic mass is 9.72. The van der Waals surface area contributed by atoms with E-state index in [1.165, 1.54) is 7.11 Å². The van der Waals surface area contributed by atoms with Gasteiger partial charge in [0, 0.05) is 11.5 Å². The van der Waals surface area contributed by atoms with Crippen molar-refractivity contribution in [1.29, 1.82) is 0 Å². The van der Waals surface area contributed by atoms with Gasteiger partial charge in [-0.05, 0) is 24.2 Å². The number of esters is 2. The lowest BCUT2D eigenvalue weighted by Gasteiger charge is -2.26. The molecule has 0 aromatic carbocycles. The Kier molecular flexibility index (Phi) is 2.20. The van der Waals surface area contributed by atoms with Gasteiger partial charge in [-0.2, -0.15) is 0 Å². The van der Waals surface area contributed by atoms with Crippen molar-refractivity contribution in [2.24, 2.45) is 22.7 Å². The lowest BCUT2D eigenvalue weighted by Crippen LogP contribution is -2.34. The average Bonchev–Trinajstić information content (AvgIpc) is 2.84. The maximum Gasteiger partial charge on any atom is 0.333 e. The van der Waals surface area contributed by atoms with E-state index in [0.29, 0.717) is 12.2 Å². The molecule has 0 aromatic rings. The molecule has 0 bridgehead atoms. The Hall–Kier alpha value is -1.32. The van der Waals surface area contributed by atoms with E-state index in [1.54, 1.807) is 0 Å². The van der Waals surface area contributed by atoms with Gasteiger partial charge >= 0.3 is 11.9 Å². The van der Waals surface area contributed by atoms with Crippen LogP contribution in [-0.4, -0.2) is 25.7 Å². The molecule has 3 rings (SSSR count). The first-order valence-corrected chi connectivity index (χ1v) is 6.38. The molecule has 1 aliphatic heterocycles. The highest BCUT2D eigenvalue weighted by Crippen LogP contribution is 2.65. The van der Waals surface area contributed by atoms with E-state index in [0.717, 1.165) is 12.8 Å². The fourth-order valence-corrected chi connectivity index (χ4v) is 4.20. The lowest BCUT2D eigenvalue weighted by molar-refractivity contribution is -0.147. The van der Waals surface area contributed by atoms with Crippen molar-refractivity contribution in [1.82, 2.24) is 0 Å². The van der Waals surface area contributed by atoms with Crippen molar-refractivity contribution in [3.63, 3.8) is 0 Å². The van der Waals surface area contributed by atoms with Crippen LogP contribution >= 0.6 is 0 Å². The van der Waals surface area contributed by atoms with Crippen molar-refractivity contribution >= 4 is 11.9 Å². The first-order chi connectivity index (χ1) is 8.40. The molecule has 4 nitrogen and oxygen atoms in total. The van der Waals surface area contributed by atoms with Crippen molar-refractivity contribution in [2.75, 3.05) is 13.7 Å². The monoisotopic (exact) mass is 250 g/mol. The van der Waals surface area contributed by atoms with Crippen LogP contribution in [0, 0.1) is 22.7 Å². The van der Waals surface area contributed by atoms with E-state index in [2.05, 4.69) is 13.8 Å². The molecule has 1 heterocycles. The predicted octanol–water partition coefficient (Wildman–Crippen LogP) is 1.70. The summed E-state index contributed by atoms with van der Waals surface area (Å²) in [5.41, 5.74) is 0.279. The van der Waals surface area contributed by atoms with Gasteiger partial charge in [0.1, 0.15) is 0 Å². The minimum absolute atomic E-state index is 0.107. The summed E-state index contributed by atoms with van der Waals surface area (Å²) in [5.74, 6) is -0.422. The van der Waals surface area contributed by atoms with Gasteiger partial charge in [-0.25, -0.2) is 4.79 Å². The van der Waals surface area contributed by atoms with Gasteiger partial charge in [0.25, 0.3) is 0 Å². The topological polar surface area (TPSA) is 52.6 Å². The number of methoxy groups -OCH3 is 1. The fraction of sp³-hybridized carbons (Fsp3) is 0.714. The highest BCUT2D eigenvalue weighted by Gasteiger charge is 2.67. The first-order valence-electron chi connectivity index (χ1n) is 6.38. The van der Waals surface area contributed by atoms with Gasteiger partial charge in [-0.15, -0.1) is 0 Å². The second-order valence-corrected chi connectivity index (χ2v) is 6.46. The van der Waals surface area contributed by atoms with Crippen LogP contribution in [0.2, 0.25) is 0 Å². The van der Waals surface area contributed by atoms with Crippen molar-refractivity contribution < 1.29 is 19.1 Å². The van der Waals surface area contributed by atoms with E-state index < -0.39 is 5.41 Å².